The minimum absolute atomic E-state index is 0. The molecule has 10 rings (SSSR count). The van der Waals surface area contributed by atoms with Gasteiger partial charge in [-0.05, 0) is 55.9 Å². The molecule has 0 atom stereocenters. The summed E-state index contributed by atoms with van der Waals surface area (Å²) in [7, 11) is 0. The van der Waals surface area contributed by atoms with Crippen molar-refractivity contribution >= 4 is 70.1 Å². The quantitative estimate of drug-likeness (QED) is 0.0943. The monoisotopic (exact) mass is 856 g/mol. The number of halogens is 2. The van der Waals surface area contributed by atoms with E-state index in [4.69, 9.17) is 0 Å². The van der Waals surface area contributed by atoms with Gasteiger partial charge >= 0.3 is 41.9 Å². The Labute approximate surface area is 358 Å². The van der Waals surface area contributed by atoms with Crippen molar-refractivity contribution in [3.63, 3.8) is 0 Å². The van der Waals surface area contributed by atoms with Crippen molar-refractivity contribution in [2.75, 3.05) is 0 Å². The van der Waals surface area contributed by atoms with Gasteiger partial charge in [0, 0.05) is 0 Å². The predicted molar refractivity (Wildman–Crippen MR) is 236 cm³/mol. The Morgan fingerprint density at radius 2 is 0.768 bits per heavy atom. The summed E-state index contributed by atoms with van der Waals surface area (Å²) in [5, 5.41) is 15.9. The average Bonchev–Trinajstić information content (AvgIpc) is 3.85. The van der Waals surface area contributed by atoms with Crippen molar-refractivity contribution in [3.8, 4) is 22.3 Å². The Kier molecular flexibility index (Phi) is 13.5. The molecule has 0 N–H and O–H groups in total. The van der Waals surface area contributed by atoms with Crippen LogP contribution in [0, 0.1) is 0 Å². The van der Waals surface area contributed by atoms with E-state index >= 15 is 0 Å². The van der Waals surface area contributed by atoms with Gasteiger partial charge in [0.05, 0.1) is 0 Å². The number of hydrogen-bond acceptors (Lipinski definition) is 0. The molecule has 0 radical (unpaired) electrons. The maximum atomic E-state index is 2.38. The van der Waals surface area contributed by atoms with Gasteiger partial charge in [-0.25, -0.2) is 0 Å². The molecule has 0 aliphatic heterocycles. The first-order valence-corrected chi connectivity index (χ1v) is 25.3. The summed E-state index contributed by atoms with van der Waals surface area (Å²) < 4.78 is 0. The van der Waals surface area contributed by atoms with Crippen LogP contribution in [0.3, 0.4) is 0 Å². The van der Waals surface area contributed by atoms with E-state index in [2.05, 4.69) is 197 Å². The summed E-state index contributed by atoms with van der Waals surface area (Å²) in [5.74, 6) is 0. The first-order chi connectivity index (χ1) is 26.4. The number of rotatable bonds is 4. The van der Waals surface area contributed by atoms with Gasteiger partial charge in [-0.3, -0.25) is 0 Å². The molecule has 0 unspecified atom stereocenters. The molecule has 56 heavy (non-hydrogen) atoms. The zero-order chi connectivity index (χ0) is 37.2. The van der Waals surface area contributed by atoms with Crippen molar-refractivity contribution in [2.45, 2.75) is 39.8 Å². The molecular formula is C52H44Cl2SiZr-2. The number of aryl methyl sites for hydroxylation is 2. The molecule has 0 aliphatic rings. The Morgan fingerprint density at radius 3 is 1.14 bits per heavy atom. The van der Waals surface area contributed by atoms with E-state index in [-0.39, 0.29) is 30.2 Å². The van der Waals surface area contributed by atoms with Crippen LogP contribution in [-0.4, -0.2) is 5.43 Å². The summed E-state index contributed by atoms with van der Waals surface area (Å²) in [5.41, 5.74) is 8.33. The molecule has 276 valence electrons. The molecule has 4 heteroatoms. The van der Waals surface area contributed by atoms with E-state index in [1.807, 2.05) is 0 Å². The van der Waals surface area contributed by atoms with Gasteiger partial charge in [0.15, 0.2) is 0 Å². The SMILES string of the molecule is CCc1cc(-c2cc3ccccc3[cH-]2)c2c(ccc3ccccc32)c1.CCc1cc(-c2cc3ccccc3[cH-]2)c2c(ccc3ccccc32)c1.C[Si](C)=[Zr+2].[Cl-].[Cl-]. The van der Waals surface area contributed by atoms with Gasteiger partial charge in [0.25, 0.3) is 0 Å². The summed E-state index contributed by atoms with van der Waals surface area (Å²) in [4.78, 5) is 0. The molecule has 0 bridgehead atoms. The van der Waals surface area contributed by atoms with Crippen molar-refractivity contribution < 1.29 is 48.1 Å². The fourth-order valence-electron chi connectivity index (χ4n) is 7.89. The third-order valence-electron chi connectivity index (χ3n) is 10.5. The molecule has 0 aromatic heterocycles. The molecule has 0 amide bonds. The smallest absolute Gasteiger partial charge is 1.00 e. The molecular weight excluding hydrogens is 815 g/mol. The molecule has 0 aliphatic carbocycles. The van der Waals surface area contributed by atoms with E-state index in [0.29, 0.717) is 0 Å². The minimum Gasteiger partial charge on any atom is -1.00 e. The Bertz CT molecular complexity index is 2700. The van der Waals surface area contributed by atoms with Crippen LogP contribution in [0.5, 0.6) is 0 Å². The van der Waals surface area contributed by atoms with Gasteiger partial charge in [0.1, 0.15) is 0 Å². The molecule has 0 spiro atoms. The summed E-state index contributed by atoms with van der Waals surface area (Å²) in [6.07, 6.45) is 2.10. The number of benzene rings is 8. The molecule has 0 nitrogen and oxygen atoms in total. The Hall–Kier alpha value is -4.30. The van der Waals surface area contributed by atoms with E-state index in [0.717, 1.165) is 12.8 Å². The van der Waals surface area contributed by atoms with Gasteiger partial charge in [-0.1, -0.05) is 170 Å². The predicted octanol–water partition coefficient (Wildman–Crippen LogP) is 8.98. The zero-order valence-electron chi connectivity index (χ0n) is 32.3. The Balaban J connectivity index is 0.000000168. The maximum absolute atomic E-state index is 2.38. The van der Waals surface area contributed by atoms with Crippen LogP contribution in [0.1, 0.15) is 25.0 Å². The van der Waals surface area contributed by atoms with Crippen LogP contribution in [0.2, 0.25) is 13.1 Å². The molecule has 0 saturated carbocycles. The minimum atomic E-state index is 0. The third-order valence-corrected chi connectivity index (χ3v) is 10.5. The van der Waals surface area contributed by atoms with Crippen molar-refractivity contribution in [1.82, 2.24) is 0 Å². The fourth-order valence-corrected chi connectivity index (χ4v) is 7.89. The second-order valence-corrected chi connectivity index (χ2v) is 23.9. The van der Waals surface area contributed by atoms with E-state index in [1.54, 1.807) is 23.3 Å². The topological polar surface area (TPSA) is 0 Å². The van der Waals surface area contributed by atoms with E-state index < -0.39 is 0 Å². The van der Waals surface area contributed by atoms with Crippen LogP contribution in [0.15, 0.2) is 170 Å². The second kappa shape index (κ2) is 18.3. The average molecular weight is 859 g/mol. The molecule has 10 aromatic carbocycles. The zero-order valence-corrected chi connectivity index (χ0v) is 37.3. The first kappa shape index (κ1) is 41.3. The molecule has 0 heterocycles. The maximum Gasteiger partial charge on any atom is -1.00 e. The molecule has 0 fully saturated rings. The Morgan fingerprint density at radius 1 is 0.429 bits per heavy atom. The first-order valence-electron chi connectivity index (χ1n) is 19.1. The summed E-state index contributed by atoms with van der Waals surface area (Å²) >= 11 is 1.74. The summed E-state index contributed by atoms with van der Waals surface area (Å²) in [6.45, 7) is 9.08. The van der Waals surface area contributed by atoms with Crippen molar-refractivity contribution in [2.24, 2.45) is 0 Å². The van der Waals surface area contributed by atoms with Gasteiger partial charge in [-0.2, -0.15) is 0 Å². The molecule has 10 aromatic rings. The van der Waals surface area contributed by atoms with Gasteiger partial charge in [0.2, 0.25) is 0 Å². The summed E-state index contributed by atoms with van der Waals surface area (Å²) in [6, 6.07) is 62.4. The van der Waals surface area contributed by atoms with Crippen LogP contribution in [-0.2, 0) is 36.2 Å². The van der Waals surface area contributed by atoms with Crippen molar-refractivity contribution in [3.05, 3.63) is 181 Å². The number of fused-ring (bicyclic) bond motifs is 8. The largest absolute Gasteiger partial charge is 1.00 e. The van der Waals surface area contributed by atoms with E-state index in [9.17, 15) is 0 Å². The van der Waals surface area contributed by atoms with Crippen LogP contribution >= 0.6 is 0 Å². The molecule has 0 saturated heterocycles. The van der Waals surface area contributed by atoms with Gasteiger partial charge < -0.3 is 24.8 Å². The third kappa shape index (κ3) is 8.51. The standard InChI is InChI=1S/2C25H19.C2H6Si.2ClH.Zr/c2*1-2-17-13-21-12-11-18-7-5-6-10-23(18)25(21)24(14-17)22-15-19-8-3-4-9-20(19)16-22;1-3-2;;;/h2*3-16H,2H2,1H3;1-2H3;2*1H;/q2*-1;;;;+2/p-2. The van der Waals surface area contributed by atoms with Crippen LogP contribution in [0.4, 0.5) is 0 Å². The van der Waals surface area contributed by atoms with Crippen molar-refractivity contribution in [1.29, 1.82) is 0 Å². The normalized spacial score (nSPS) is 10.8. The van der Waals surface area contributed by atoms with E-state index in [1.165, 1.54) is 98.0 Å². The van der Waals surface area contributed by atoms with Crippen LogP contribution < -0.4 is 24.8 Å². The fraction of sp³-hybridized carbons (Fsp3) is 0.115. The second-order valence-electron chi connectivity index (χ2n) is 14.5. The number of hydrogen-bond donors (Lipinski definition) is 0. The van der Waals surface area contributed by atoms with Crippen LogP contribution in [0.25, 0.3) is 86.9 Å². The van der Waals surface area contributed by atoms with Gasteiger partial charge in [-0.15, -0.1) is 69.1 Å².